The van der Waals surface area contributed by atoms with E-state index in [2.05, 4.69) is 30.9 Å². The smallest absolute Gasteiger partial charge is 0.364 e. The molecule has 2 N–H and O–H groups in total. The maximum atomic E-state index is 13.6. The molecule has 0 fully saturated rings. The number of hydrogen-bond donors (Lipinski definition) is 1. The molecule has 0 saturated heterocycles. The summed E-state index contributed by atoms with van der Waals surface area (Å²) in [5.74, 6) is -2.73. The Morgan fingerprint density at radius 1 is 1.15 bits per heavy atom. The summed E-state index contributed by atoms with van der Waals surface area (Å²) < 4.78 is 14.5. The molecule has 1 aromatic heterocycles. The van der Waals surface area contributed by atoms with E-state index in [1.165, 1.54) is 18.2 Å². The van der Waals surface area contributed by atoms with E-state index in [0.29, 0.717) is 5.69 Å². The highest BCUT2D eigenvalue weighted by molar-refractivity contribution is 9.10. The van der Waals surface area contributed by atoms with Crippen LogP contribution >= 0.6 is 27.3 Å². The van der Waals surface area contributed by atoms with E-state index in [0.717, 1.165) is 27.4 Å². The van der Waals surface area contributed by atoms with Crippen LogP contribution in [0.2, 0.25) is 0 Å². The highest BCUT2D eigenvalue weighted by atomic mass is 79.9. The van der Waals surface area contributed by atoms with E-state index in [1.807, 2.05) is 24.3 Å². The molecule has 0 aliphatic heterocycles. The SMILES string of the molecule is NC(=O)/C(=N/OC(=O)c1ccccc1F)c1nc(-c2ccc(Br)cc2)cs1. The first-order valence-corrected chi connectivity index (χ1v) is 9.18. The van der Waals surface area contributed by atoms with Gasteiger partial charge in [0.1, 0.15) is 5.82 Å². The lowest BCUT2D eigenvalue weighted by Crippen LogP contribution is -2.25. The summed E-state index contributed by atoms with van der Waals surface area (Å²) >= 11 is 4.47. The standard InChI is InChI=1S/C18H11BrFN3O3S/c19-11-7-5-10(6-8-11)14-9-27-17(22-14)15(16(21)24)23-26-18(25)12-3-1-2-4-13(12)20/h1-9H,(H2,21,24)/b23-15-. The van der Waals surface area contributed by atoms with Crippen LogP contribution in [0.25, 0.3) is 11.3 Å². The minimum atomic E-state index is -1.04. The second kappa shape index (κ2) is 8.19. The van der Waals surface area contributed by atoms with Crippen molar-refractivity contribution in [3.05, 3.63) is 74.8 Å². The van der Waals surface area contributed by atoms with Gasteiger partial charge in [0.15, 0.2) is 5.01 Å². The van der Waals surface area contributed by atoms with Crippen molar-refractivity contribution in [1.82, 2.24) is 4.98 Å². The second-order valence-corrected chi connectivity index (χ2v) is 6.98. The summed E-state index contributed by atoms with van der Waals surface area (Å²) in [6, 6.07) is 12.7. The average Bonchev–Trinajstić information content (AvgIpc) is 3.12. The van der Waals surface area contributed by atoms with Crippen LogP contribution in [0, 0.1) is 5.82 Å². The molecule has 0 radical (unpaired) electrons. The Hall–Kier alpha value is -2.91. The quantitative estimate of drug-likeness (QED) is 0.365. The zero-order valence-electron chi connectivity index (χ0n) is 13.6. The number of hydrogen-bond acceptors (Lipinski definition) is 6. The van der Waals surface area contributed by atoms with E-state index < -0.39 is 17.7 Å². The molecule has 0 atom stereocenters. The number of thiazole rings is 1. The van der Waals surface area contributed by atoms with Crippen molar-refractivity contribution >= 4 is 44.9 Å². The molecule has 9 heteroatoms. The van der Waals surface area contributed by atoms with Crippen LogP contribution in [-0.4, -0.2) is 22.6 Å². The molecule has 0 unspecified atom stereocenters. The molecule has 27 heavy (non-hydrogen) atoms. The van der Waals surface area contributed by atoms with Gasteiger partial charge in [0, 0.05) is 15.4 Å². The Bertz CT molecular complexity index is 1030. The van der Waals surface area contributed by atoms with E-state index in [9.17, 15) is 14.0 Å². The molecule has 1 amide bonds. The van der Waals surface area contributed by atoms with E-state index >= 15 is 0 Å². The lowest BCUT2D eigenvalue weighted by atomic mass is 10.2. The van der Waals surface area contributed by atoms with E-state index in [1.54, 1.807) is 5.38 Å². The van der Waals surface area contributed by atoms with Gasteiger partial charge in [0.25, 0.3) is 5.91 Å². The third-order valence-corrected chi connectivity index (χ3v) is 4.77. The number of amides is 1. The summed E-state index contributed by atoms with van der Waals surface area (Å²) in [6.07, 6.45) is 0. The summed E-state index contributed by atoms with van der Waals surface area (Å²) in [4.78, 5) is 32.6. The van der Waals surface area contributed by atoms with E-state index in [4.69, 9.17) is 5.73 Å². The topological polar surface area (TPSA) is 94.6 Å². The number of primary amides is 1. The van der Waals surface area contributed by atoms with Crippen LogP contribution in [-0.2, 0) is 9.63 Å². The molecule has 0 aliphatic rings. The molecular formula is C18H11BrFN3O3S. The van der Waals surface area contributed by atoms with Crippen molar-refractivity contribution in [1.29, 1.82) is 0 Å². The minimum Gasteiger partial charge on any atom is -0.364 e. The van der Waals surface area contributed by atoms with Crippen LogP contribution < -0.4 is 5.73 Å². The minimum absolute atomic E-state index is 0.182. The highest BCUT2D eigenvalue weighted by Crippen LogP contribution is 2.24. The molecule has 0 saturated carbocycles. The van der Waals surface area contributed by atoms with Gasteiger partial charge in [-0.25, -0.2) is 14.2 Å². The summed E-state index contributed by atoms with van der Waals surface area (Å²) in [6.45, 7) is 0. The molecule has 0 spiro atoms. The third-order valence-electron chi connectivity index (χ3n) is 3.39. The average molecular weight is 448 g/mol. The van der Waals surface area contributed by atoms with Gasteiger partial charge < -0.3 is 10.6 Å². The number of oxime groups is 1. The number of carbonyl (C=O) groups is 2. The fourth-order valence-corrected chi connectivity index (χ4v) is 3.17. The predicted molar refractivity (Wildman–Crippen MR) is 103 cm³/mol. The number of rotatable bonds is 5. The third kappa shape index (κ3) is 4.44. The van der Waals surface area contributed by atoms with Gasteiger partial charge in [-0.15, -0.1) is 11.3 Å². The molecule has 2 aromatic carbocycles. The zero-order valence-corrected chi connectivity index (χ0v) is 16.0. The Labute approximate surface area is 165 Å². The van der Waals surface area contributed by atoms with Crippen LogP contribution in [0.3, 0.4) is 0 Å². The number of halogens is 2. The van der Waals surface area contributed by atoms with Gasteiger partial charge >= 0.3 is 5.97 Å². The second-order valence-electron chi connectivity index (χ2n) is 5.21. The number of nitrogens with two attached hydrogens (primary N) is 1. The van der Waals surface area contributed by atoms with Crippen molar-refractivity contribution in [2.45, 2.75) is 0 Å². The fourth-order valence-electron chi connectivity index (χ4n) is 2.09. The fraction of sp³-hybridized carbons (Fsp3) is 0. The normalized spacial score (nSPS) is 11.3. The van der Waals surface area contributed by atoms with Gasteiger partial charge in [-0.05, 0) is 24.3 Å². The monoisotopic (exact) mass is 447 g/mol. The molecule has 0 bridgehead atoms. The number of carbonyl (C=O) groups excluding carboxylic acids is 2. The number of aromatic nitrogens is 1. The Balaban J connectivity index is 1.85. The molecule has 1 heterocycles. The lowest BCUT2D eigenvalue weighted by Gasteiger charge is -2.01. The van der Waals surface area contributed by atoms with Crippen molar-refractivity contribution in [3.8, 4) is 11.3 Å². The Kier molecular flexibility index (Phi) is 5.72. The van der Waals surface area contributed by atoms with Crippen molar-refractivity contribution in [2.75, 3.05) is 0 Å². The van der Waals surface area contributed by atoms with Gasteiger partial charge in [-0.3, -0.25) is 4.79 Å². The Morgan fingerprint density at radius 3 is 2.52 bits per heavy atom. The maximum Gasteiger partial charge on any atom is 0.368 e. The van der Waals surface area contributed by atoms with Crippen molar-refractivity contribution in [3.63, 3.8) is 0 Å². The first-order chi connectivity index (χ1) is 13.0. The van der Waals surface area contributed by atoms with Gasteiger partial charge in [0.05, 0.1) is 11.3 Å². The first kappa shape index (κ1) is 18.9. The molecule has 0 aliphatic carbocycles. The van der Waals surface area contributed by atoms with E-state index in [-0.39, 0.29) is 16.3 Å². The lowest BCUT2D eigenvalue weighted by molar-refractivity contribution is -0.112. The summed E-state index contributed by atoms with van der Waals surface area (Å²) in [7, 11) is 0. The molecule has 6 nitrogen and oxygen atoms in total. The highest BCUT2D eigenvalue weighted by Gasteiger charge is 2.19. The van der Waals surface area contributed by atoms with Crippen LogP contribution in [0.4, 0.5) is 4.39 Å². The molecule has 3 aromatic rings. The predicted octanol–water partition coefficient (Wildman–Crippen LogP) is 3.76. The van der Waals surface area contributed by atoms with Crippen molar-refractivity contribution < 1.29 is 18.8 Å². The van der Waals surface area contributed by atoms with Gasteiger partial charge in [0.2, 0.25) is 5.71 Å². The molecule has 3 rings (SSSR count). The van der Waals surface area contributed by atoms with Gasteiger partial charge in [-0.2, -0.15) is 0 Å². The maximum absolute atomic E-state index is 13.6. The summed E-state index contributed by atoms with van der Waals surface area (Å²) in [5, 5.41) is 5.40. The summed E-state index contributed by atoms with van der Waals surface area (Å²) in [5.41, 5.74) is 6.12. The zero-order chi connectivity index (χ0) is 19.4. The van der Waals surface area contributed by atoms with Crippen LogP contribution in [0.1, 0.15) is 15.4 Å². The molecule has 136 valence electrons. The molecular weight excluding hydrogens is 437 g/mol. The largest absolute Gasteiger partial charge is 0.368 e. The van der Waals surface area contributed by atoms with Gasteiger partial charge in [-0.1, -0.05) is 45.4 Å². The van der Waals surface area contributed by atoms with Crippen LogP contribution in [0.5, 0.6) is 0 Å². The van der Waals surface area contributed by atoms with Crippen LogP contribution in [0.15, 0.2) is 63.5 Å². The number of benzene rings is 2. The van der Waals surface area contributed by atoms with Crippen molar-refractivity contribution in [2.24, 2.45) is 10.9 Å². The Morgan fingerprint density at radius 2 is 1.85 bits per heavy atom. The number of nitrogens with zero attached hydrogens (tertiary/aromatic N) is 2. The first-order valence-electron chi connectivity index (χ1n) is 7.51.